The molecule has 2 N–H and O–H groups in total. The highest BCUT2D eigenvalue weighted by molar-refractivity contribution is 7.84. The minimum absolute atomic E-state index is 0.0458. The number of aliphatic carboxylic acids is 2. The number of halogens is 2. The van der Waals surface area contributed by atoms with Gasteiger partial charge in [0.05, 0.1) is 16.5 Å². The first kappa shape index (κ1) is 27.4. The molecular formula is C20H28Cl2N2O6S. The molecule has 1 aromatic rings. The summed E-state index contributed by atoms with van der Waals surface area (Å²) in [7, 11) is 0.995. The summed E-state index contributed by atoms with van der Waals surface area (Å²) in [4.78, 5) is 35.1. The predicted molar refractivity (Wildman–Crippen MR) is 121 cm³/mol. The van der Waals surface area contributed by atoms with Gasteiger partial charge in [0.15, 0.2) is 0 Å². The van der Waals surface area contributed by atoms with E-state index < -0.39 is 22.7 Å². The van der Waals surface area contributed by atoms with E-state index in [9.17, 15) is 9.00 Å². The van der Waals surface area contributed by atoms with Gasteiger partial charge in [-0.3, -0.25) is 9.00 Å². The molecule has 2 atom stereocenters. The van der Waals surface area contributed by atoms with Gasteiger partial charge in [-0.2, -0.15) is 0 Å². The summed E-state index contributed by atoms with van der Waals surface area (Å²) in [5.74, 6) is -2.99. The molecule has 1 amide bonds. The van der Waals surface area contributed by atoms with Gasteiger partial charge in [0.25, 0.3) is 0 Å². The molecule has 0 saturated carbocycles. The van der Waals surface area contributed by atoms with Crippen LogP contribution in [0.5, 0.6) is 0 Å². The quantitative estimate of drug-likeness (QED) is 0.532. The van der Waals surface area contributed by atoms with Gasteiger partial charge in [-0.05, 0) is 50.0 Å². The molecule has 2 rings (SSSR count). The number of benzene rings is 1. The van der Waals surface area contributed by atoms with Crippen LogP contribution in [0.4, 0.5) is 0 Å². The highest BCUT2D eigenvalue weighted by Crippen LogP contribution is 2.23. The fourth-order valence-corrected chi connectivity index (χ4v) is 4.05. The van der Waals surface area contributed by atoms with E-state index >= 15 is 0 Å². The molecule has 0 radical (unpaired) electrons. The molecule has 1 aliphatic rings. The number of likely N-dealkylation sites (tertiary alicyclic amines) is 1. The lowest BCUT2D eigenvalue weighted by molar-refractivity contribution is -0.159. The van der Waals surface area contributed by atoms with Crippen LogP contribution in [0.3, 0.4) is 0 Å². The number of likely N-dealkylation sites (N-methyl/N-ethyl adjacent to an activating group) is 1. The Morgan fingerprint density at radius 2 is 1.71 bits per heavy atom. The summed E-state index contributed by atoms with van der Waals surface area (Å²) in [6, 6.07) is 5.37. The largest absolute Gasteiger partial charge is 0.473 e. The topological polar surface area (TPSA) is 115 Å². The second kappa shape index (κ2) is 13.7. The van der Waals surface area contributed by atoms with Gasteiger partial charge in [0.1, 0.15) is 0 Å². The lowest BCUT2D eigenvalue weighted by Gasteiger charge is -2.31. The van der Waals surface area contributed by atoms with Crippen LogP contribution in [0, 0.1) is 0 Å². The number of amides is 1. The maximum atomic E-state index is 12.7. The highest BCUT2D eigenvalue weighted by Gasteiger charge is 2.24. The van der Waals surface area contributed by atoms with Gasteiger partial charge in [0.2, 0.25) is 5.91 Å². The van der Waals surface area contributed by atoms with E-state index in [4.69, 9.17) is 43.0 Å². The number of carbonyl (C=O) groups excluding carboxylic acids is 1. The number of carboxylic acid groups (broad SMARTS) is 2. The summed E-state index contributed by atoms with van der Waals surface area (Å²) in [5.41, 5.74) is 0.852. The second-order valence-corrected chi connectivity index (χ2v) is 9.64. The first-order valence-electron chi connectivity index (χ1n) is 9.69. The van der Waals surface area contributed by atoms with Crippen molar-refractivity contribution in [2.24, 2.45) is 0 Å². The normalized spacial score (nSPS) is 15.5. The molecule has 0 aromatic heterocycles. The Hall–Kier alpha value is -1.68. The number of carboxylic acids is 2. The molecule has 1 saturated heterocycles. The number of hydrogen-bond acceptors (Lipinski definition) is 5. The van der Waals surface area contributed by atoms with E-state index in [0.29, 0.717) is 22.2 Å². The number of nitrogens with zero attached hydrogens (tertiary/aromatic N) is 2. The summed E-state index contributed by atoms with van der Waals surface area (Å²) in [6.45, 7) is 3.02. The molecule has 0 spiro atoms. The standard InChI is InChI=1S/C18H26Cl2N2O2S.C2H2O4/c1-21(18(23)12-14-5-6-16(19)17(20)11-14)15(7-10-25(2)24)13-22-8-3-4-9-22;3-1(4)2(5)6/h5-6,11,15H,3-4,7-10,12-13H2,1-2H3;(H,3,4)(H,5,6)/t15-,25?;/m0./s1. The smallest absolute Gasteiger partial charge is 0.414 e. The van der Waals surface area contributed by atoms with E-state index in [1.54, 1.807) is 18.4 Å². The van der Waals surface area contributed by atoms with E-state index in [-0.39, 0.29) is 11.9 Å². The maximum absolute atomic E-state index is 12.7. The van der Waals surface area contributed by atoms with Crippen molar-refractivity contribution in [3.8, 4) is 0 Å². The molecular weight excluding hydrogens is 467 g/mol. The Balaban J connectivity index is 0.000000703. The van der Waals surface area contributed by atoms with Crippen LogP contribution in [-0.2, 0) is 31.6 Å². The average molecular weight is 495 g/mol. The van der Waals surface area contributed by atoms with Crippen molar-refractivity contribution < 1.29 is 28.8 Å². The molecule has 1 aromatic carbocycles. The highest BCUT2D eigenvalue weighted by atomic mass is 35.5. The van der Waals surface area contributed by atoms with Crippen molar-refractivity contribution in [1.29, 1.82) is 0 Å². The maximum Gasteiger partial charge on any atom is 0.414 e. The van der Waals surface area contributed by atoms with Crippen molar-refractivity contribution in [3.63, 3.8) is 0 Å². The fourth-order valence-electron chi connectivity index (χ4n) is 3.13. The molecule has 11 heteroatoms. The Morgan fingerprint density at radius 1 is 1.13 bits per heavy atom. The van der Waals surface area contributed by atoms with Crippen LogP contribution in [0.2, 0.25) is 10.0 Å². The van der Waals surface area contributed by atoms with Crippen molar-refractivity contribution in [2.75, 3.05) is 38.7 Å². The van der Waals surface area contributed by atoms with Crippen LogP contribution < -0.4 is 0 Å². The Morgan fingerprint density at radius 3 is 2.19 bits per heavy atom. The average Bonchev–Trinajstić information content (AvgIpc) is 3.20. The third-order valence-electron chi connectivity index (χ3n) is 4.87. The lowest BCUT2D eigenvalue weighted by atomic mass is 10.1. The van der Waals surface area contributed by atoms with Gasteiger partial charge in [0, 0.05) is 42.4 Å². The van der Waals surface area contributed by atoms with E-state index in [1.807, 2.05) is 18.0 Å². The molecule has 0 bridgehead atoms. The van der Waals surface area contributed by atoms with Gasteiger partial charge < -0.3 is 20.0 Å². The zero-order valence-corrected chi connectivity index (χ0v) is 19.9. The van der Waals surface area contributed by atoms with Gasteiger partial charge in [-0.1, -0.05) is 29.3 Å². The SMILES string of the molecule is CN(C(=O)Cc1ccc(Cl)c(Cl)c1)[C@@H](CCS(C)=O)CN1CCCC1.O=C(O)C(=O)O. The monoisotopic (exact) mass is 494 g/mol. The summed E-state index contributed by atoms with van der Waals surface area (Å²) in [5, 5.41) is 15.7. The van der Waals surface area contributed by atoms with E-state index in [2.05, 4.69) is 4.90 Å². The summed E-state index contributed by atoms with van der Waals surface area (Å²) in [6.07, 6.45) is 5.19. The minimum Gasteiger partial charge on any atom is -0.473 e. The molecule has 31 heavy (non-hydrogen) atoms. The van der Waals surface area contributed by atoms with Crippen LogP contribution in [0.25, 0.3) is 0 Å². The first-order chi connectivity index (χ1) is 14.5. The van der Waals surface area contributed by atoms with Crippen molar-refractivity contribution in [1.82, 2.24) is 9.80 Å². The van der Waals surface area contributed by atoms with Crippen LogP contribution >= 0.6 is 23.2 Å². The lowest BCUT2D eigenvalue weighted by Crippen LogP contribution is -2.45. The zero-order valence-electron chi connectivity index (χ0n) is 17.6. The molecule has 0 aliphatic carbocycles. The Bertz CT molecular complexity index is 790. The van der Waals surface area contributed by atoms with Gasteiger partial charge in [-0.15, -0.1) is 0 Å². The van der Waals surface area contributed by atoms with Gasteiger partial charge in [-0.25, -0.2) is 9.59 Å². The fraction of sp³-hybridized carbons (Fsp3) is 0.550. The Labute approximate surface area is 194 Å². The van der Waals surface area contributed by atoms with Crippen LogP contribution in [-0.4, -0.2) is 86.8 Å². The zero-order chi connectivity index (χ0) is 23.6. The summed E-state index contributed by atoms with van der Waals surface area (Å²) < 4.78 is 11.5. The molecule has 1 heterocycles. The molecule has 8 nitrogen and oxygen atoms in total. The number of rotatable bonds is 8. The summed E-state index contributed by atoms with van der Waals surface area (Å²) >= 11 is 12.0. The third kappa shape index (κ3) is 10.5. The van der Waals surface area contributed by atoms with Gasteiger partial charge >= 0.3 is 11.9 Å². The Kier molecular flexibility index (Phi) is 12.1. The predicted octanol–water partition coefficient (Wildman–Crippen LogP) is 2.38. The molecule has 1 fully saturated rings. The van der Waals surface area contributed by atoms with Crippen LogP contribution in [0.15, 0.2) is 18.2 Å². The molecule has 174 valence electrons. The minimum atomic E-state index is -1.82. The third-order valence-corrected chi connectivity index (χ3v) is 6.42. The number of hydrogen-bond donors (Lipinski definition) is 2. The molecule has 1 unspecified atom stereocenters. The van der Waals surface area contributed by atoms with Crippen molar-refractivity contribution in [2.45, 2.75) is 31.7 Å². The molecule has 1 aliphatic heterocycles. The second-order valence-electron chi connectivity index (χ2n) is 7.27. The van der Waals surface area contributed by atoms with E-state index in [1.165, 1.54) is 12.8 Å². The van der Waals surface area contributed by atoms with Crippen LogP contribution in [0.1, 0.15) is 24.8 Å². The van der Waals surface area contributed by atoms with E-state index in [0.717, 1.165) is 31.6 Å². The van der Waals surface area contributed by atoms with Crippen molar-refractivity contribution >= 4 is 51.8 Å². The first-order valence-corrected chi connectivity index (χ1v) is 12.2. The van der Waals surface area contributed by atoms with Crippen molar-refractivity contribution in [3.05, 3.63) is 33.8 Å². The number of carbonyl (C=O) groups is 3.